The summed E-state index contributed by atoms with van der Waals surface area (Å²) in [5.74, 6) is 0.903. The number of aromatic nitrogens is 2. The lowest BCUT2D eigenvalue weighted by atomic mass is 10.1. The fourth-order valence-corrected chi connectivity index (χ4v) is 3.23. The van der Waals surface area contributed by atoms with E-state index in [0.717, 1.165) is 16.7 Å². The SMILES string of the molecule is CNSN(O)Nc1cccc(Oc2c(C)c3ccc(Oc4ncccn4)cc3oc2=O)c1. The lowest BCUT2D eigenvalue weighted by molar-refractivity contribution is 0.0430. The van der Waals surface area contributed by atoms with E-state index in [4.69, 9.17) is 13.9 Å². The average Bonchev–Trinajstić information content (AvgIpc) is 2.77. The van der Waals surface area contributed by atoms with Crippen LogP contribution in [0.3, 0.4) is 0 Å². The monoisotopic (exact) mass is 453 g/mol. The normalized spacial score (nSPS) is 11.0. The Balaban J connectivity index is 1.60. The molecular formula is C21H19N5O5S. The van der Waals surface area contributed by atoms with Crippen molar-refractivity contribution in [3.63, 3.8) is 0 Å². The summed E-state index contributed by atoms with van der Waals surface area (Å²) < 4.78 is 20.4. The zero-order valence-electron chi connectivity index (χ0n) is 17.1. The van der Waals surface area contributed by atoms with Gasteiger partial charge in [0.15, 0.2) is 0 Å². The van der Waals surface area contributed by atoms with Crippen LogP contribution in [0.2, 0.25) is 0 Å². The molecule has 0 spiro atoms. The molecule has 0 fully saturated rings. The van der Waals surface area contributed by atoms with Crippen LogP contribution >= 0.6 is 12.1 Å². The number of aryl methyl sites for hydroxylation is 1. The van der Waals surface area contributed by atoms with Crippen molar-refractivity contribution in [2.24, 2.45) is 0 Å². The van der Waals surface area contributed by atoms with Crippen molar-refractivity contribution < 1.29 is 19.1 Å². The molecule has 0 atom stereocenters. The number of nitrogens with one attached hydrogen (secondary N) is 2. The van der Waals surface area contributed by atoms with E-state index < -0.39 is 5.63 Å². The average molecular weight is 453 g/mol. The third kappa shape index (κ3) is 4.98. The molecule has 0 saturated carbocycles. The zero-order valence-corrected chi connectivity index (χ0v) is 17.9. The molecule has 11 heteroatoms. The van der Waals surface area contributed by atoms with Gasteiger partial charge in [0.1, 0.15) is 17.1 Å². The van der Waals surface area contributed by atoms with Crippen LogP contribution in [0, 0.1) is 6.92 Å². The van der Waals surface area contributed by atoms with E-state index in [1.165, 1.54) is 0 Å². The maximum Gasteiger partial charge on any atom is 0.379 e. The van der Waals surface area contributed by atoms with Crippen molar-refractivity contribution in [3.8, 4) is 23.3 Å². The number of fused-ring (bicyclic) bond motifs is 1. The van der Waals surface area contributed by atoms with Gasteiger partial charge in [-0.15, -0.1) is 0 Å². The second-order valence-electron chi connectivity index (χ2n) is 6.45. The lowest BCUT2D eigenvalue weighted by Crippen LogP contribution is -2.21. The van der Waals surface area contributed by atoms with Gasteiger partial charge in [0.25, 0.3) is 0 Å². The predicted molar refractivity (Wildman–Crippen MR) is 120 cm³/mol. The van der Waals surface area contributed by atoms with E-state index in [1.54, 1.807) is 74.9 Å². The summed E-state index contributed by atoms with van der Waals surface area (Å²) in [4.78, 5) is 20.7. The number of hydrogen-bond donors (Lipinski definition) is 3. The quantitative estimate of drug-likeness (QED) is 0.201. The smallest absolute Gasteiger partial charge is 0.379 e. The van der Waals surface area contributed by atoms with Crippen LogP contribution in [-0.2, 0) is 0 Å². The molecular weight excluding hydrogens is 434 g/mol. The first-order valence-electron chi connectivity index (χ1n) is 9.43. The molecule has 3 N–H and O–H groups in total. The molecule has 0 unspecified atom stereocenters. The lowest BCUT2D eigenvalue weighted by Gasteiger charge is -2.15. The highest BCUT2D eigenvalue weighted by atomic mass is 32.2. The van der Waals surface area contributed by atoms with E-state index >= 15 is 0 Å². The van der Waals surface area contributed by atoms with Crippen LogP contribution in [0.25, 0.3) is 11.0 Å². The fraction of sp³-hybridized carbons (Fsp3) is 0.0952. The van der Waals surface area contributed by atoms with Gasteiger partial charge in [-0.1, -0.05) is 6.07 Å². The fourth-order valence-electron chi connectivity index (χ4n) is 2.91. The Labute approximate surface area is 187 Å². The first kappa shape index (κ1) is 21.6. The number of hydrogen-bond acceptors (Lipinski definition) is 11. The van der Waals surface area contributed by atoms with Gasteiger partial charge in [0.05, 0.1) is 17.8 Å². The Morgan fingerprint density at radius 3 is 2.62 bits per heavy atom. The highest BCUT2D eigenvalue weighted by molar-refractivity contribution is 7.94. The Bertz CT molecular complexity index is 1280. The molecule has 2 aromatic heterocycles. The predicted octanol–water partition coefficient (Wildman–Crippen LogP) is 4.28. The van der Waals surface area contributed by atoms with Crippen LogP contribution in [0.4, 0.5) is 5.69 Å². The largest absolute Gasteiger partial charge is 0.449 e. The van der Waals surface area contributed by atoms with E-state index in [2.05, 4.69) is 20.1 Å². The number of ether oxygens (including phenoxy) is 2. The molecule has 0 aliphatic rings. The molecule has 4 aromatic rings. The van der Waals surface area contributed by atoms with Crippen molar-refractivity contribution >= 4 is 28.8 Å². The molecule has 10 nitrogen and oxygen atoms in total. The van der Waals surface area contributed by atoms with Crippen molar-refractivity contribution in [1.82, 2.24) is 19.3 Å². The van der Waals surface area contributed by atoms with E-state index in [1.807, 2.05) is 0 Å². The maximum atomic E-state index is 12.6. The number of hydrazine groups is 1. The van der Waals surface area contributed by atoms with Gasteiger partial charge in [0.2, 0.25) is 5.75 Å². The highest BCUT2D eigenvalue weighted by Crippen LogP contribution is 2.31. The second kappa shape index (κ2) is 9.66. The van der Waals surface area contributed by atoms with Gasteiger partial charge in [0, 0.05) is 35.5 Å². The van der Waals surface area contributed by atoms with Crippen LogP contribution in [0.5, 0.6) is 23.3 Å². The molecule has 0 aliphatic heterocycles. The minimum Gasteiger partial charge on any atom is -0.449 e. The Hall–Kier alpha value is -3.64. The van der Waals surface area contributed by atoms with Crippen LogP contribution < -0.4 is 25.2 Å². The summed E-state index contributed by atoms with van der Waals surface area (Å²) in [5, 5.41) is 10.4. The van der Waals surface area contributed by atoms with Gasteiger partial charge in [-0.05, 0) is 48.9 Å². The number of anilines is 1. The summed E-state index contributed by atoms with van der Waals surface area (Å²) in [7, 11) is 1.67. The van der Waals surface area contributed by atoms with Gasteiger partial charge in [-0.25, -0.2) is 14.8 Å². The van der Waals surface area contributed by atoms with Crippen molar-refractivity contribution in [2.45, 2.75) is 6.92 Å². The summed E-state index contributed by atoms with van der Waals surface area (Å²) in [5.41, 5.74) is 3.63. The minimum absolute atomic E-state index is 0.0696. The molecule has 4 rings (SSSR count). The van der Waals surface area contributed by atoms with Crippen molar-refractivity contribution in [1.29, 1.82) is 0 Å². The molecule has 2 aromatic carbocycles. The van der Waals surface area contributed by atoms with Gasteiger partial charge >= 0.3 is 11.6 Å². The molecule has 0 bridgehead atoms. The molecule has 0 radical (unpaired) electrons. The Morgan fingerprint density at radius 2 is 1.84 bits per heavy atom. The molecule has 0 saturated heterocycles. The van der Waals surface area contributed by atoms with Crippen LogP contribution in [-0.4, -0.2) is 26.8 Å². The van der Waals surface area contributed by atoms with Crippen LogP contribution in [0.15, 0.2) is 70.1 Å². The first-order chi connectivity index (χ1) is 15.5. The highest BCUT2D eigenvalue weighted by Gasteiger charge is 2.15. The number of nitrogens with zero attached hydrogens (tertiary/aromatic N) is 3. The van der Waals surface area contributed by atoms with Gasteiger partial charge < -0.3 is 13.9 Å². The zero-order chi connectivity index (χ0) is 22.5. The summed E-state index contributed by atoms with van der Waals surface area (Å²) in [6.07, 6.45) is 3.14. The molecule has 0 amide bonds. The molecule has 32 heavy (non-hydrogen) atoms. The van der Waals surface area contributed by atoms with Crippen molar-refractivity contribution in [3.05, 3.63) is 76.9 Å². The van der Waals surface area contributed by atoms with Gasteiger partial charge in [-0.2, -0.15) is 0 Å². The number of benzene rings is 2. The third-order valence-electron chi connectivity index (χ3n) is 4.29. The molecule has 164 valence electrons. The standard InChI is InChI=1S/C21H19N5O5S/c1-13-17-8-7-16(30-21-23-9-4-10-24-21)12-18(17)31-20(27)19(13)29-15-6-3-5-14(11-15)25-26(28)32-22-2/h3-12,22,25,28H,1-2H3. The van der Waals surface area contributed by atoms with Crippen LogP contribution in [0.1, 0.15) is 5.56 Å². The Kier molecular flexibility index (Phi) is 6.52. The molecule has 0 aliphatic carbocycles. The first-order valence-corrected chi connectivity index (χ1v) is 10.2. The van der Waals surface area contributed by atoms with E-state index in [0.29, 0.717) is 33.7 Å². The minimum atomic E-state index is -0.629. The third-order valence-corrected chi connectivity index (χ3v) is 4.74. The van der Waals surface area contributed by atoms with Crippen molar-refractivity contribution in [2.75, 3.05) is 12.5 Å². The maximum absolute atomic E-state index is 12.6. The van der Waals surface area contributed by atoms with Gasteiger partial charge in [-0.3, -0.25) is 15.4 Å². The second-order valence-corrected chi connectivity index (χ2v) is 7.38. The molecule has 2 heterocycles. The summed E-state index contributed by atoms with van der Waals surface area (Å²) in [6.45, 7) is 1.77. The van der Waals surface area contributed by atoms with E-state index in [-0.39, 0.29) is 11.8 Å². The summed E-state index contributed by atoms with van der Waals surface area (Å²) >= 11 is 0.948. The van der Waals surface area contributed by atoms with E-state index in [9.17, 15) is 10.0 Å². The summed E-state index contributed by atoms with van der Waals surface area (Å²) in [6, 6.07) is 13.8. The Morgan fingerprint density at radius 1 is 1.06 bits per heavy atom. The topological polar surface area (TPSA) is 122 Å². The number of rotatable bonds is 8.